The molecule has 35 heavy (non-hydrogen) atoms. The third-order valence-electron chi connectivity index (χ3n) is 7.62. The zero-order valence-corrected chi connectivity index (χ0v) is 21.6. The van der Waals surface area contributed by atoms with Gasteiger partial charge in [-0.2, -0.15) is 10.2 Å². The maximum Gasteiger partial charge on any atom is 0.164 e. The minimum absolute atomic E-state index is 0.0666. The van der Waals surface area contributed by atoms with E-state index in [1.807, 2.05) is 13.1 Å². The number of aromatic nitrogens is 1. The number of Topliss-reactive ketones (excluding diaryl/α,β-unsaturated/α-hetero) is 1. The summed E-state index contributed by atoms with van der Waals surface area (Å²) in [6.45, 7) is 11.4. The number of allylic oxidation sites excluding steroid dienone is 2. The zero-order chi connectivity index (χ0) is 25.0. The SMILES string of the molecule is CC[C@]1(c2cccc(CN(C)c3cc(C)cc(C)n3)c2)C2=CN=NC2NC2=C1C(=O)CC(C)(C)C2. The van der Waals surface area contributed by atoms with Crippen molar-refractivity contribution in [1.29, 1.82) is 0 Å². The number of nitrogens with one attached hydrogen (secondary N) is 1. The summed E-state index contributed by atoms with van der Waals surface area (Å²) in [6, 6.07) is 12.9. The fourth-order valence-electron chi connectivity index (χ4n) is 6.20. The van der Waals surface area contributed by atoms with Crippen LogP contribution in [0.3, 0.4) is 0 Å². The second-order valence-corrected chi connectivity index (χ2v) is 11.1. The number of rotatable bonds is 5. The van der Waals surface area contributed by atoms with Gasteiger partial charge in [0.1, 0.15) is 5.82 Å². The van der Waals surface area contributed by atoms with E-state index in [-0.39, 0.29) is 17.4 Å². The second kappa shape index (κ2) is 8.43. The van der Waals surface area contributed by atoms with Gasteiger partial charge < -0.3 is 10.2 Å². The highest BCUT2D eigenvalue weighted by Crippen LogP contribution is 2.53. The molecule has 2 aromatic rings. The van der Waals surface area contributed by atoms with Gasteiger partial charge in [-0.25, -0.2) is 4.98 Å². The fourth-order valence-corrected chi connectivity index (χ4v) is 6.20. The molecule has 6 nitrogen and oxygen atoms in total. The number of carbonyl (C=O) groups is 1. The lowest BCUT2D eigenvalue weighted by Crippen LogP contribution is -2.51. The molecule has 5 rings (SSSR count). The van der Waals surface area contributed by atoms with E-state index < -0.39 is 5.41 Å². The summed E-state index contributed by atoms with van der Waals surface area (Å²) in [6.07, 6.45) is 3.85. The van der Waals surface area contributed by atoms with E-state index in [2.05, 4.69) is 91.6 Å². The first kappa shape index (κ1) is 23.5. The van der Waals surface area contributed by atoms with Gasteiger partial charge in [0.2, 0.25) is 0 Å². The number of carbonyl (C=O) groups excluding carboxylic acids is 1. The van der Waals surface area contributed by atoms with Crippen molar-refractivity contribution in [1.82, 2.24) is 10.3 Å². The van der Waals surface area contributed by atoms with Crippen molar-refractivity contribution in [3.63, 3.8) is 0 Å². The maximum atomic E-state index is 13.7. The normalized spacial score (nSPS) is 24.6. The largest absolute Gasteiger partial charge is 0.362 e. The highest BCUT2D eigenvalue weighted by atomic mass is 16.1. The Kier molecular flexibility index (Phi) is 5.65. The molecule has 1 aliphatic carbocycles. The van der Waals surface area contributed by atoms with Gasteiger partial charge in [0.05, 0.1) is 11.6 Å². The van der Waals surface area contributed by atoms with Gasteiger partial charge in [-0.15, -0.1) is 0 Å². The molecule has 1 aromatic carbocycles. The van der Waals surface area contributed by atoms with Crippen molar-refractivity contribution in [2.24, 2.45) is 15.6 Å². The van der Waals surface area contributed by atoms with Crippen molar-refractivity contribution in [2.45, 2.75) is 72.0 Å². The van der Waals surface area contributed by atoms with Crippen molar-refractivity contribution in [2.75, 3.05) is 11.9 Å². The van der Waals surface area contributed by atoms with E-state index in [1.165, 1.54) is 11.1 Å². The Labute approximate surface area is 208 Å². The fraction of sp³-hybridized carbons (Fsp3) is 0.448. The van der Waals surface area contributed by atoms with Crippen LogP contribution in [0.2, 0.25) is 0 Å². The summed E-state index contributed by atoms with van der Waals surface area (Å²) in [5.41, 5.74) is 7.00. The van der Waals surface area contributed by atoms with Gasteiger partial charge in [-0.05, 0) is 60.9 Å². The van der Waals surface area contributed by atoms with Crippen molar-refractivity contribution in [3.05, 3.63) is 81.8 Å². The minimum atomic E-state index is -0.519. The van der Waals surface area contributed by atoms with Crippen molar-refractivity contribution < 1.29 is 4.79 Å². The molecule has 0 bridgehead atoms. The van der Waals surface area contributed by atoms with E-state index in [1.54, 1.807) is 0 Å². The average Bonchev–Trinajstić information content (AvgIpc) is 3.25. The highest BCUT2D eigenvalue weighted by Gasteiger charge is 2.52. The number of aryl methyl sites for hydroxylation is 2. The quantitative estimate of drug-likeness (QED) is 0.591. The lowest BCUT2D eigenvalue weighted by atomic mass is 9.59. The Hall–Kier alpha value is -3.28. The molecule has 0 amide bonds. The smallest absolute Gasteiger partial charge is 0.164 e. The van der Waals surface area contributed by atoms with Crippen LogP contribution in [0.4, 0.5) is 5.82 Å². The topological polar surface area (TPSA) is 70.0 Å². The Morgan fingerprint density at radius 3 is 2.69 bits per heavy atom. The van der Waals surface area contributed by atoms with E-state index in [4.69, 9.17) is 4.98 Å². The number of hydrogen-bond donors (Lipinski definition) is 1. The van der Waals surface area contributed by atoms with Crippen LogP contribution < -0.4 is 10.2 Å². The molecule has 182 valence electrons. The third kappa shape index (κ3) is 3.99. The first-order valence-electron chi connectivity index (χ1n) is 12.5. The van der Waals surface area contributed by atoms with Gasteiger partial charge in [0.25, 0.3) is 0 Å². The van der Waals surface area contributed by atoms with Gasteiger partial charge in [-0.3, -0.25) is 4.79 Å². The Bertz CT molecular complexity index is 1270. The molecular weight excluding hydrogens is 434 g/mol. The summed E-state index contributed by atoms with van der Waals surface area (Å²) < 4.78 is 0. The van der Waals surface area contributed by atoms with Gasteiger partial charge >= 0.3 is 0 Å². The predicted molar refractivity (Wildman–Crippen MR) is 139 cm³/mol. The van der Waals surface area contributed by atoms with Gasteiger partial charge in [0, 0.05) is 42.6 Å². The third-order valence-corrected chi connectivity index (χ3v) is 7.62. The Morgan fingerprint density at radius 2 is 1.94 bits per heavy atom. The van der Waals surface area contributed by atoms with E-state index in [9.17, 15) is 4.79 Å². The summed E-state index contributed by atoms with van der Waals surface area (Å²) in [5, 5.41) is 12.3. The first-order valence-corrected chi connectivity index (χ1v) is 12.5. The molecule has 1 N–H and O–H groups in total. The number of anilines is 1. The van der Waals surface area contributed by atoms with Gasteiger partial charge in [0.15, 0.2) is 11.9 Å². The second-order valence-electron chi connectivity index (χ2n) is 11.1. The lowest BCUT2D eigenvalue weighted by Gasteiger charge is -2.47. The summed E-state index contributed by atoms with van der Waals surface area (Å²) in [7, 11) is 2.08. The van der Waals surface area contributed by atoms with Crippen LogP contribution in [0.15, 0.2) is 69.7 Å². The summed E-state index contributed by atoms with van der Waals surface area (Å²) in [5.74, 6) is 1.20. The standard InChI is InChI=1S/C29H35N5O/c1-7-29(22-16-30-33-27(22)32-23-14-28(4,5)15-24(35)26(23)29)21-10-8-9-20(13-21)17-34(6)25-12-18(2)11-19(3)31-25/h8-13,16,27,32H,7,14-15,17H2,1-6H3/t27?,29-/m0/s1. The van der Waals surface area contributed by atoms with Crippen LogP contribution in [-0.2, 0) is 16.8 Å². The zero-order valence-electron chi connectivity index (χ0n) is 21.6. The molecule has 0 spiro atoms. The predicted octanol–water partition coefficient (Wildman–Crippen LogP) is 5.90. The molecule has 6 heteroatoms. The number of hydrogen-bond acceptors (Lipinski definition) is 6. The molecule has 0 fully saturated rings. The molecule has 0 radical (unpaired) electrons. The maximum absolute atomic E-state index is 13.7. The Balaban J connectivity index is 1.58. The van der Waals surface area contributed by atoms with Crippen LogP contribution in [0.5, 0.6) is 0 Å². The molecule has 0 saturated carbocycles. The van der Waals surface area contributed by atoms with Crippen LogP contribution in [-0.4, -0.2) is 24.0 Å². The number of azo groups is 1. The molecular formula is C29H35N5O. The number of ketones is 1. The molecule has 2 aliphatic heterocycles. The van der Waals surface area contributed by atoms with Crippen LogP contribution in [0.1, 0.15) is 62.4 Å². The Morgan fingerprint density at radius 1 is 1.14 bits per heavy atom. The summed E-state index contributed by atoms with van der Waals surface area (Å²) >= 11 is 0. The van der Waals surface area contributed by atoms with E-state index in [0.29, 0.717) is 6.42 Å². The summed E-state index contributed by atoms with van der Waals surface area (Å²) in [4.78, 5) is 20.6. The highest BCUT2D eigenvalue weighted by molar-refractivity contribution is 6.01. The van der Waals surface area contributed by atoms with E-state index >= 15 is 0 Å². The first-order chi connectivity index (χ1) is 16.6. The van der Waals surface area contributed by atoms with Gasteiger partial charge in [-0.1, -0.05) is 45.0 Å². The number of nitrogens with zero attached hydrogens (tertiary/aromatic N) is 4. The number of fused-ring (bicyclic) bond motifs is 1. The molecule has 0 saturated heterocycles. The van der Waals surface area contributed by atoms with Crippen LogP contribution in [0, 0.1) is 19.3 Å². The molecule has 1 aromatic heterocycles. The van der Waals surface area contributed by atoms with Crippen molar-refractivity contribution in [3.8, 4) is 0 Å². The number of benzene rings is 1. The minimum Gasteiger partial charge on any atom is -0.362 e. The monoisotopic (exact) mass is 469 g/mol. The molecule has 2 atom stereocenters. The average molecular weight is 470 g/mol. The lowest BCUT2D eigenvalue weighted by molar-refractivity contribution is -0.119. The van der Waals surface area contributed by atoms with E-state index in [0.717, 1.165) is 53.3 Å². The number of pyridine rings is 1. The van der Waals surface area contributed by atoms with Crippen LogP contribution in [0.25, 0.3) is 0 Å². The van der Waals surface area contributed by atoms with Crippen molar-refractivity contribution >= 4 is 11.6 Å². The molecule has 3 heterocycles. The molecule has 3 aliphatic rings. The van der Waals surface area contributed by atoms with Crippen LogP contribution >= 0.6 is 0 Å². The molecule has 1 unspecified atom stereocenters.